The number of nitro groups is 1. The number of thiazole rings is 1. The summed E-state index contributed by atoms with van der Waals surface area (Å²) in [4.78, 5) is 25.0. The van der Waals surface area contributed by atoms with Crippen LogP contribution in [0.3, 0.4) is 0 Å². The highest BCUT2D eigenvalue weighted by Gasteiger charge is 2.16. The normalized spacial score (nSPS) is 10.1. The molecule has 0 N–H and O–H groups in total. The molecule has 0 atom stereocenters. The Kier molecular flexibility index (Phi) is 3.24. The highest BCUT2D eigenvalue weighted by molar-refractivity contribution is 7.13. The molecule has 86 valence electrons. The van der Waals surface area contributed by atoms with Gasteiger partial charge in [-0.2, -0.15) is 0 Å². The first-order valence-corrected chi connectivity index (χ1v) is 5.72. The number of rotatable bonds is 4. The largest absolute Gasteiger partial charge is 0.303 e. The second kappa shape index (κ2) is 4.84. The van der Waals surface area contributed by atoms with E-state index < -0.39 is 4.92 Å². The fourth-order valence-electron chi connectivity index (χ4n) is 1.42. The van der Waals surface area contributed by atoms with Crippen LogP contribution in [0, 0.1) is 10.1 Å². The zero-order valence-electron chi connectivity index (χ0n) is 8.70. The fourth-order valence-corrected chi connectivity index (χ4v) is 2.29. The number of para-hydroxylation sites is 1. The van der Waals surface area contributed by atoms with Gasteiger partial charge in [-0.3, -0.25) is 10.1 Å². The fraction of sp³-hybridized carbons (Fsp3) is 0.0909. The molecule has 1 heterocycles. The van der Waals surface area contributed by atoms with Crippen LogP contribution in [0.25, 0.3) is 10.6 Å². The zero-order chi connectivity index (χ0) is 12.3. The molecular weight excluding hydrogens is 240 g/mol. The van der Waals surface area contributed by atoms with Gasteiger partial charge in [0.25, 0.3) is 5.69 Å². The van der Waals surface area contributed by atoms with Gasteiger partial charge in [0.05, 0.1) is 16.2 Å². The number of aldehydes is 1. The minimum Gasteiger partial charge on any atom is -0.303 e. The van der Waals surface area contributed by atoms with Gasteiger partial charge in [0.15, 0.2) is 0 Å². The van der Waals surface area contributed by atoms with Gasteiger partial charge in [-0.15, -0.1) is 11.3 Å². The summed E-state index contributed by atoms with van der Waals surface area (Å²) in [6.45, 7) is 0. The van der Waals surface area contributed by atoms with Crippen molar-refractivity contribution in [2.45, 2.75) is 6.42 Å². The van der Waals surface area contributed by atoms with Gasteiger partial charge in [-0.05, 0) is 6.07 Å². The summed E-state index contributed by atoms with van der Waals surface area (Å²) in [5, 5.41) is 13.2. The van der Waals surface area contributed by atoms with Crippen molar-refractivity contribution in [1.29, 1.82) is 0 Å². The molecule has 2 rings (SSSR count). The van der Waals surface area contributed by atoms with Crippen LogP contribution in [0.2, 0.25) is 0 Å². The highest BCUT2D eigenvalue weighted by atomic mass is 32.1. The molecule has 0 spiro atoms. The number of hydrogen-bond acceptors (Lipinski definition) is 5. The average Bonchev–Trinajstić information content (AvgIpc) is 2.78. The van der Waals surface area contributed by atoms with Crippen LogP contribution < -0.4 is 0 Å². The third-order valence-corrected chi connectivity index (χ3v) is 3.10. The van der Waals surface area contributed by atoms with Gasteiger partial charge >= 0.3 is 0 Å². The number of nitrogens with zero attached hydrogens (tertiary/aromatic N) is 2. The first kappa shape index (κ1) is 11.4. The maximum absolute atomic E-state index is 10.9. The van der Waals surface area contributed by atoms with E-state index in [2.05, 4.69) is 4.98 Å². The molecule has 0 unspecified atom stereocenters. The highest BCUT2D eigenvalue weighted by Crippen LogP contribution is 2.31. The Hall–Kier alpha value is -2.08. The molecule has 0 saturated heterocycles. The van der Waals surface area contributed by atoms with Crippen LogP contribution >= 0.6 is 11.3 Å². The molecule has 0 amide bonds. The molecule has 0 aliphatic carbocycles. The van der Waals surface area contributed by atoms with Crippen molar-refractivity contribution in [3.05, 3.63) is 45.5 Å². The third-order valence-electron chi connectivity index (χ3n) is 2.18. The molecule has 17 heavy (non-hydrogen) atoms. The molecular formula is C11H8N2O3S. The Morgan fingerprint density at radius 3 is 2.88 bits per heavy atom. The summed E-state index contributed by atoms with van der Waals surface area (Å²) in [5.74, 6) is 0. The van der Waals surface area contributed by atoms with Crippen molar-refractivity contribution in [3.63, 3.8) is 0 Å². The molecule has 6 heteroatoms. The summed E-state index contributed by atoms with van der Waals surface area (Å²) in [5.41, 5.74) is 1.15. The van der Waals surface area contributed by atoms with Crippen LogP contribution in [0.5, 0.6) is 0 Å². The number of aromatic nitrogens is 1. The SMILES string of the molecule is O=CCc1csc(-c2ccccc2[N+](=O)[O-])n1. The summed E-state index contributed by atoms with van der Waals surface area (Å²) in [6, 6.07) is 6.43. The Bertz CT molecular complexity index is 565. The Morgan fingerprint density at radius 2 is 2.18 bits per heavy atom. The van der Waals surface area contributed by atoms with E-state index in [9.17, 15) is 14.9 Å². The summed E-state index contributed by atoms with van der Waals surface area (Å²) in [6.07, 6.45) is 0.995. The monoisotopic (exact) mass is 248 g/mol. The third kappa shape index (κ3) is 2.36. The predicted molar refractivity (Wildman–Crippen MR) is 64.0 cm³/mol. The van der Waals surface area contributed by atoms with Crippen molar-refractivity contribution >= 4 is 23.3 Å². The number of nitro benzene ring substituents is 1. The van der Waals surface area contributed by atoms with Gasteiger partial charge in [0, 0.05) is 17.9 Å². The topological polar surface area (TPSA) is 73.1 Å². The Labute approximate surface area is 101 Å². The van der Waals surface area contributed by atoms with Crippen molar-refractivity contribution in [2.24, 2.45) is 0 Å². The lowest BCUT2D eigenvalue weighted by molar-refractivity contribution is -0.384. The average molecular weight is 248 g/mol. The van der Waals surface area contributed by atoms with E-state index in [-0.39, 0.29) is 12.1 Å². The molecule has 1 aromatic carbocycles. The Morgan fingerprint density at radius 1 is 1.41 bits per heavy atom. The van der Waals surface area contributed by atoms with E-state index in [1.165, 1.54) is 17.4 Å². The molecule has 0 fully saturated rings. The number of hydrogen-bond donors (Lipinski definition) is 0. The van der Waals surface area contributed by atoms with E-state index in [0.717, 1.165) is 6.29 Å². The summed E-state index contributed by atoms with van der Waals surface area (Å²) in [7, 11) is 0. The van der Waals surface area contributed by atoms with Gasteiger partial charge < -0.3 is 4.79 Å². The standard InChI is InChI=1S/C11H8N2O3S/c14-6-5-8-7-17-11(12-8)9-3-1-2-4-10(9)13(15)16/h1-4,6-7H,5H2. The molecule has 0 bridgehead atoms. The first-order chi connectivity index (χ1) is 8.22. The van der Waals surface area contributed by atoms with Gasteiger partial charge in [-0.25, -0.2) is 4.98 Å². The quantitative estimate of drug-likeness (QED) is 0.473. The summed E-state index contributed by atoms with van der Waals surface area (Å²) < 4.78 is 0. The van der Waals surface area contributed by atoms with Crippen LogP contribution in [-0.4, -0.2) is 16.2 Å². The van der Waals surface area contributed by atoms with E-state index in [4.69, 9.17) is 0 Å². The lowest BCUT2D eigenvalue weighted by Gasteiger charge is -1.97. The van der Waals surface area contributed by atoms with Crippen molar-refractivity contribution in [3.8, 4) is 10.6 Å². The minimum atomic E-state index is -0.434. The molecule has 2 aromatic rings. The molecule has 0 aliphatic rings. The minimum absolute atomic E-state index is 0.0273. The molecule has 1 aromatic heterocycles. The Balaban J connectivity index is 2.44. The maximum Gasteiger partial charge on any atom is 0.279 e. The van der Waals surface area contributed by atoms with Crippen molar-refractivity contribution < 1.29 is 9.72 Å². The predicted octanol–water partition coefficient (Wildman–Crippen LogP) is 2.46. The lowest BCUT2D eigenvalue weighted by Crippen LogP contribution is -1.91. The van der Waals surface area contributed by atoms with Crippen LogP contribution in [-0.2, 0) is 11.2 Å². The van der Waals surface area contributed by atoms with Gasteiger partial charge in [0.2, 0.25) is 0 Å². The van der Waals surface area contributed by atoms with Crippen molar-refractivity contribution in [2.75, 3.05) is 0 Å². The van der Waals surface area contributed by atoms with Crippen LogP contribution in [0.4, 0.5) is 5.69 Å². The second-order valence-electron chi connectivity index (χ2n) is 3.29. The lowest BCUT2D eigenvalue weighted by atomic mass is 10.2. The van der Waals surface area contributed by atoms with E-state index in [1.807, 2.05) is 0 Å². The molecule has 0 saturated carbocycles. The zero-order valence-corrected chi connectivity index (χ0v) is 9.52. The van der Waals surface area contributed by atoms with E-state index >= 15 is 0 Å². The van der Waals surface area contributed by atoms with Gasteiger partial charge in [-0.1, -0.05) is 12.1 Å². The number of benzene rings is 1. The van der Waals surface area contributed by atoms with Gasteiger partial charge in [0.1, 0.15) is 11.3 Å². The number of carbonyl (C=O) groups is 1. The molecule has 5 nitrogen and oxygen atoms in total. The van der Waals surface area contributed by atoms with Crippen LogP contribution in [0.1, 0.15) is 5.69 Å². The summed E-state index contributed by atoms with van der Waals surface area (Å²) >= 11 is 1.30. The van der Waals surface area contributed by atoms with Crippen LogP contribution in [0.15, 0.2) is 29.6 Å². The van der Waals surface area contributed by atoms with Crippen molar-refractivity contribution in [1.82, 2.24) is 4.98 Å². The molecule has 0 aliphatic heterocycles. The number of carbonyl (C=O) groups excluding carboxylic acids is 1. The second-order valence-corrected chi connectivity index (χ2v) is 4.15. The van der Waals surface area contributed by atoms with E-state index in [0.29, 0.717) is 16.3 Å². The van der Waals surface area contributed by atoms with E-state index in [1.54, 1.807) is 23.6 Å². The molecule has 0 radical (unpaired) electrons. The first-order valence-electron chi connectivity index (χ1n) is 4.84. The smallest absolute Gasteiger partial charge is 0.279 e. The maximum atomic E-state index is 10.9.